The Bertz CT molecular complexity index is 416. The van der Waals surface area contributed by atoms with Crippen molar-refractivity contribution in [3.05, 3.63) is 34.9 Å². The van der Waals surface area contributed by atoms with Gasteiger partial charge in [-0.2, -0.15) is 0 Å². The van der Waals surface area contributed by atoms with Gasteiger partial charge in [-0.1, -0.05) is 29.8 Å². The fourth-order valence-electron chi connectivity index (χ4n) is 1.72. The Morgan fingerprint density at radius 2 is 2.06 bits per heavy atom. The molecular formula is C14H21ClN2O. The van der Waals surface area contributed by atoms with E-state index in [9.17, 15) is 4.79 Å². The molecule has 0 radical (unpaired) electrons. The molecule has 3 nitrogen and oxygen atoms in total. The van der Waals surface area contributed by atoms with Gasteiger partial charge in [0.15, 0.2) is 0 Å². The van der Waals surface area contributed by atoms with E-state index in [0.29, 0.717) is 11.6 Å². The summed E-state index contributed by atoms with van der Waals surface area (Å²) in [6, 6.07) is 7.52. The van der Waals surface area contributed by atoms with Crippen LogP contribution in [0.5, 0.6) is 0 Å². The molecule has 1 amide bonds. The number of amides is 1. The largest absolute Gasteiger partial charge is 0.355 e. The van der Waals surface area contributed by atoms with Gasteiger partial charge in [0.05, 0.1) is 5.41 Å². The number of carbonyl (C=O) groups is 1. The van der Waals surface area contributed by atoms with E-state index in [-0.39, 0.29) is 11.9 Å². The molecule has 1 unspecified atom stereocenters. The summed E-state index contributed by atoms with van der Waals surface area (Å²) in [6.45, 7) is 6.25. The topological polar surface area (TPSA) is 55.1 Å². The van der Waals surface area contributed by atoms with E-state index < -0.39 is 5.41 Å². The van der Waals surface area contributed by atoms with E-state index in [1.54, 1.807) is 6.07 Å². The van der Waals surface area contributed by atoms with Crippen LogP contribution in [-0.4, -0.2) is 18.5 Å². The van der Waals surface area contributed by atoms with Gasteiger partial charge in [0, 0.05) is 17.6 Å². The highest BCUT2D eigenvalue weighted by atomic mass is 35.5. The molecule has 0 aromatic heterocycles. The minimum Gasteiger partial charge on any atom is -0.355 e. The lowest BCUT2D eigenvalue weighted by molar-refractivity contribution is -0.125. The third-order valence-corrected chi connectivity index (χ3v) is 3.33. The maximum Gasteiger partial charge on any atom is 0.230 e. The summed E-state index contributed by atoms with van der Waals surface area (Å²) >= 11 is 6.14. The van der Waals surface area contributed by atoms with E-state index >= 15 is 0 Å². The molecule has 1 rings (SSSR count). The summed E-state index contributed by atoms with van der Waals surface area (Å²) in [6.07, 6.45) is 0.768. The van der Waals surface area contributed by atoms with Crippen LogP contribution in [0.2, 0.25) is 5.02 Å². The first-order chi connectivity index (χ1) is 8.35. The standard InChI is InChI=1S/C14H21ClN2O/c1-10(16)8-9-17-13(18)14(2,3)11-6-4-5-7-12(11)15/h4-7,10H,8-9,16H2,1-3H3,(H,17,18). The zero-order chi connectivity index (χ0) is 13.8. The van der Waals surface area contributed by atoms with Gasteiger partial charge in [-0.05, 0) is 38.8 Å². The molecule has 0 spiro atoms. The molecule has 1 atom stereocenters. The molecule has 0 bridgehead atoms. The summed E-state index contributed by atoms with van der Waals surface area (Å²) in [5.74, 6) is -0.0312. The molecule has 0 saturated heterocycles. The van der Waals surface area contributed by atoms with Crippen molar-refractivity contribution in [1.82, 2.24) is 5.32 Å². The van der Waals surface area contributed by atoms with Crippen LogP contribution in [0.3, 0.4) is 0 Å². The quantitative estimate of drug-likeness (QED) is 0.862. The van der Waals surface area contributed by atoms with Gasteiger partial charge in [-0.3, -0.25) is 4.79 Å². The van der Waals surface area contributed by atoms with E-state index in [2.05, 4.69) is 5.32 Å². The van der Waals surface area contributed by atoms with Crippen molar-refractivity contribution in [2.24, 2.45) is 5.73 Å². The molecule has 1 aromatic rings. The number of nitrogens with two attached hydrogens (primary N) is 1. The van der Waals surface area contributed by atoms with E-state index in [1.807, 2.05) is 39.0 Å². The maximum atomic E-state index is 12.2. The SMILES string of the molecule is CC(N)CCNC(=O)C(C)(C)c1ccccc1Cl. The van der Waals surface area contributed by atoms with Crippen LogP contribution in [0.4, 0.5) is 0 Å². The van der Waals surface area contributed by atoms with Gasteiger partial charge < -0.3 is 11.1 Å². The van der Waals surface area contributed by atoms with Crippen LogP contribution < -0.4 is 11.1 Å². The normalized spacial score (nSPS) is 13.2. The Balaban J connectivity index is 2.74. The Hall–Kier alpha value is -1.06. The van der Waals surface area contributed by atoms with Gasteiger partial charge in [-0.15, -0.1) is 0 Å². The van der Waals surface area contributed by atoms with Crippen molar-refractivity contribution in [1.29, 1.82) is 0 Å². The van der Waals surface area contributed by atoms with Crippen LogP contribution in [0, 0.1) is 0 Å². The number of benzene rings is 1. The predicted octanol–water partition coefficient (Wildman–Crippen LogP) is 2.47. The zero-order valence-electron chi connectivity index (χ0n) is 11.2. The van der Waals surface area contributed by atoms with Gasteiger partial charge in [0.1, 0.15) is 0 Å². The summed E-state index contributed by atoms with van der Waals surface area (Å²) in [5.41, 5.74) is 5.85. The number of nitrogens with one attached hydrogen (secondary N) is 1. The van der Waals surface area contributed by atoms with E-state index in [4.69, 9.17) is 17.3 Å². The zero-order valence-corrected chi connectivity index (χ0v) is 11.9. The number of hydrogen-bond acceptors (Lipinski definition) is 2. The number of halogens is 1. The van der Waals surface area contributed by atoms with Crippen molar-refractivity contribution in [2.45, 2.75) is 38.6 Å². The Morgan fingerprint density at radius 3 is 2.61 bits per heavy atom. The van der Waals surface area contributed by atoms with Gasteiger partial charge >= 0.3 is 0 Å². The molecule has 0 heterocycles. The van der Waals surface area contributed by atoms with Crippen LogP contribution in [-0.2, 0) is 10.2 Å². The Kier molecular flexibility index (Phi) is 5.17. The molecule has 4 heteroatoms. The third kappa shape index (κ3) is 3.72. The van der Waals surface area contributed by atoms with Crippen LogP contribution in [0.1, 0.15) is 32.8 Å². The lowest BCUT2D eigenvalue weighted by atomic mass is 9.83. The minimum absolute atomic E-state index is 0.0312. The second kappa shape index (κ2) is 6.21. The fourth-order valence-corrected chi connectivity index (χ4v) is 2.10. The highest BCUT2D eigenvalue weighted by Gasteiger charge is 2.31. The first-order valence-corrected chi connectivity index (χ1v) is 6.52. The van der Waals surface area contributed by atoms with E-state index in [1.165, 1.54) is 0 Å². The van der Waals surface area contributed by atoms with Crippen LogP contribution >= 0.6 is 11.6 Å². The Labute approximate surface area is 114 Å². The smallest absolute Gasteiger partial charge is 0.230 e. The highest BCUT2D eigenvalue weighted by molar-refractivity contribution is 6.31. The first-order valence-electron chi connectivity index (χ1n) is 6.14. The molecule has 1 aromatic carbocycles. The minimum atomic E-state index is -0.643. The highest BCUT2D eigenvalue weighted by Crippen LogP contribution is 2.29. The maximum absolute atomic E-state index is 12.2. The number of carbonyl (C=O) groups excluding carboxylic acids is 1. The Morgan fingerprint density at radius 1 is 1.44 bits per heavy atom. The third-order valence-electron chi connectivity index (χ3n) is 3.00. The molecule has 18 heavy (non-hydrogen) atoms. The van der Waals surface area contributed by atoms with Crippen molar-refractivity contribution in [2.75, 3.05) is 6.54 Å². The molecule has 0 saturated carbocycles. The average Bonchev–Trinajstić information content (AvgIpc) is 2.28. The average molecular weight is 269 g/mol. The van der Waals surface area contributed by atoms with Gasteiger partial charge in [0.2, 0.25) is 5.91 Å². The molecule has 0 fully saturated rings. The van der Waals surface area contributed by atoms with Crippen molar-refractivity contribution >= 4 is 17.5 Å². The lowest BCUT2D eigenvalue weighted by Gasteiger charge is -2.25. The predicted molar refractivity (Wildman–Crippen MR) is 75.8 cm³/mol. The molecule has 0 aliphatic heterocycles. The van der Waals surface area contributed by atoms with Crippen molar-refractivity contribution in [3.63, 3.8) is 0 Å². The lowest BCUT2D eigenvalue weighted by Crippen LogP contribution is -2.41. The monoisotopic (exact) mass is 268 g/mol. The van der Waals surface area contributed by atoms with Crippen LogP contribution in [0.25, 0.3) is 0 Å². The molecule has 0 aliphatic carbocycles. The van der Waals surface area contributed by atoms with Crippen LogP contribution in [0.15, 0.2) is 24.3 Å². The summed E-state index contributed by atoms with van der Waals surface area (Å²) in [7, 11) is 0. The fraction of sp³-hybridized carbons (Fsp3) is 0.500. The summed E-state index contributed by atoms with van der Waals surface area (Å²) in [4.78, 5) is 12.2. The van der Waals surface area contributed by atoms with Crippen molar-refractivity contribution in [3.8, 4) is 0 Å². The second-order valence-electron chi connectivity index (χ2n) is 5.13. The first kappa shape index (κ1) is 15.0. The van der Waals surface area contributed by atoms with Crippen molar-refractivity contribution < 1.29 is 4.79 Å². The summed E-state index contributed by atoms with van der Waals surface area (Å²) < 4.78 is 0. The molecule has 3 N–H and O–H groups in total. The number of rotatable bonds is 5. The van der Waals surface area contributed by atoms with E-state index in [0.717, 1.165) is 12.0 Å². The number of hydrogen-bond donors (Lipinski definition) is 2. The summed E-state index contributed by atoms with van der Waals surface area (Å²) in [5, 5.41) is 3.52. The molecule has 0 aliphatic rings. The molecular weight excluding hydrogens is 248 g/mol. The van der Waals surface area contributed by atoms with Gasteiger partial charge in [0.25, 0.3) is 0 Å². The second-order valence-corrected chi connectivity index (χ2v) is 5.53. The van der Waals surface area contributed by atoms with Gasteiger partial charge in [-0.25, -0.2) is 0 Å². The molecule has 100 valence electrons.